The zero-order chi connectivity index (χ0) is 8.72. The maximum absolute atomic E-state index is 2.55. The van der Waals surface area contributed by atoms with Gasteiger partial charge in [0.15, 0.2) is 0 Å². The first-order valence-electron chi connectivity index (χ1n) is 5.15. The number of fused-ring (bicyclic) bond motifs is 1. The van der Waals surface area contributed by atoms with Crippen LogP contribution in [0.2, 0.25) is 0 Å². The second-order valence-corrected chi connectivity index (χ2v) is 4.35. The molecule has 2 fully saturated rings. The SMILES string of the molecule is CC/C=C(\C)N1CC2C(C)C2C1. The lowest BCUT2D eigenvalue weighted by Crippen LogP contribution is -2.22. The van der Waals surface area contributed by atoms with E-state index >= 15 is 0 Å². The molecule has 0 N–H and O–H groups in total. The van der Waals surface area contributed by atoms with E-state index in [1.54, 1.807) is 0 Å². The monoisotopic (exact) mass is 165 g/mol. The molecule has 0 radical (unpaired) electrons. The van der Waals surface area contributed by atoms with Gasteiger partial charge in [0.25, 0.3) is 0 Å². The summed E-state index contributed by atoms with van der Waals surface area (Å²) < 4.78 is 0. The molecule has 1 saturated carbocycles. The van der Waals surface area contributed by atoms with E-state index < -0.39 is 0 Å². The van der Waals surface area contributed by atoms with E-state index in [1.165, 1.54) is 25.2 Å². The van der Waals surface area contributed by atoms with Crippen LogP contribution in [0.1, 0.15) is 27.2 Å². The van der Waals surface area contributed by atoms with Gasteiger partial charge in [0, 0.05) is 18.8 Å². The summed E-state index contributed by atoms with van der Waals surface area (Å²) >= 11 is 0. The number of rotatable bonds is 2. The minimum Gasteiger partial charge on any atom is -0.375 e. The normalized spacial score (nSPS) is 40.1. The summed E-state index contributed by atoms with van der Waals surface area (Å²) in [5, 5.41) is 0. The summed E-state index contributed by atoms with van der Waals surface area (Å²) in [4.78, 5) is 2.55. The average Bonchev–Trinajstić information content (AvgIpc) is 2.52. The zero-order valence-corrected chi connectivity index (χ0v) is 8.38. The van der Waals surface area contributed by atoms with Gasteiger partial charge in [-0.05, 0) is 31.1 Å². The second-order valence-electron chi connectivity index (χ2n) is 4.35. The zero-order valence-electron chi connectivity index (χ0n) is 8.38. The highest BCUT2D eigenvalue weighted by atomic mass is 15.2. The molecule has 1 saturated heterocycles. The smallest absolute Gasteiger partial charge is 0.0209 e. The van der Waals surface area contributed by atoms with Crippen LogP contribution in [0.15, 0.2) is 11.8 Å². The average molecular weight is 165 g/mol. The number of hydrogen-bond donors (Lipinski definition) is 0. The quantitative estimate of drug-likeness (QED) is 0.607. The highest BCUT2D eigenvalue weighted by Gasteiger charge is 2.52. The van der Waals surface area contributed by atoms with Gasteiger partial charge in [0.05, 0.1) is 0 Å². The van der Waals surface area contributed by atoms with Crippen LogP contribution in [0.3, 0.4) is 0 Å². The fourth-order valence-electron chi connectivity index (χ4n) is 2.54. The van der Waals surface area contributed by atoms with E-state index in [4.69, 9.17) is 0 Å². The summed E-state index contributed by atoms with van der Waals surface area (Å²) in [6, 6.07) is 0. The van der Waals surface area contributed by atoms with Gasteiger partial charge in [0.2, 0.25) is 0 Å². The van der Waals surface area contributed by atoms with E-state index in [0.717, 1.165) is 17.8 Å². The molecule has 0 aromatic rings. The van der Waals surface area contributed by atoms with Gasteiger partial charge < -0.3 is 4.90 Å². The van der Waals surface area contributed by atoms with Crippen LogP contribution < -0.4 is 0 Å². The second kappa shape index (κ2) is 2.79. The molecule has 12 heavy (non-hydrogen) atoms. The topological polar surface area (TPSA) is 3.24 Å². The molecule has 2 unspecified atom stereocenters. The van der Waals surface area contributed by atoms with Gasteiger partial charge in [-0.3, -0.25) is 0 Å². The van der Waals surface area contributed by atoms with Crippen molar-refractivity contribution in [3.63, 3.8) is 0 Å². The first-order chi connectivity index (χ1) is 5.74. The van der Waals surface area contributed by atoms with Gasteiger partial charge in [0.1, 0.15) is 0 Å². The number of hydrogen-bond acceptors (Lipinski definition) is 1. The molecule has 1 aliphatic heterocycles. The molecule has 0 aromatic heterocycles. The largest absolute Gasteiger partial charge is 0.375 e. The molecule has 68 valence electrons. The van der Waals surface area contributed by atoms with E-state index in [0.29, 0.717) is 0 Å². The predicted molar refractivity (Wildman–Crippen MR) is 51.8 cm³/mol. The van der Waals surface area contributed by atoms with E-state index in [-0.39, 0.29) is 0 Å². The first kappa shape index (κ1) is 8.15. The molecular weight excluding hydrogens is 146 g/mol. The van der Waals surface area contributed by atoms with Crippen molar-refractivity contribution in [2.75, 3.05) is 13.1 Å². The van der Waals surface area contributed by atoms with Gasteiger partial charge in [-0.25, -0.2) is 0 Å². The fourth-order valence-corrected chi connectivity index (χ4v) is 2.54. The molecule has 1 heterocycles. The molecule has 0 amide bonds. The van der Waals surface area contributed by atoms with Gasteiger partial charge in [-0.15, -0.1) is 0 Å². The Bertz CT molecular complexity index is 195. The van der Waals surface area contributed by atoms with E-state index in [2.05, 4.69) is 31.7 Å². The predicted octanol–water partition coefficient (Wildman–Crippen LogP) is 2.50. The Morgan fingerprint density at radius 2 is 2.00 bits per heavy atom. The van der Waals surface area contributed by atoms with Crippen molar-refractivity contribution in [1.82, 2.24) is 4.90 Å². The molecule has 1 heteroatoms. The van der Waals surface area contributed by atoms with Crippen LogP contribution in [0.4, 0.5) is 0 Å². The third kappa shape index (κ3) is 1.16. The molecule has 2 rings (SSSR count). The van der Waals surface area contributed by atoms with Crippen LogP contribution in [-0.2, 0) is 0 Å². The molecule has 0 bridgehead atoms. The first-order valence-corrected chi connectivity index (χ1v) is 5.15. The van der Waals surface area contributed by atoms with Crippen LogP contribution in [0.5, 0.6) is 0 Å². The maximum Gasteiger partial charge on any atom is 0.0209 e. The third-order valence-electron chi connectivity index (χ3n) is 3.62. The van der Waals surface area contributed by atoms with E-state index in [1.807, 2.05) is 0 Å². The molecule has 1 nitrogen and oxygen atoms in total. The Labute approximate surface area is 75.4 Å². The van der Waals surface area contributed by atoms with Crippen LogP contribution in [-0.4, -0.2) is 18.0 Å². The van der Waals surface area contributed by atoms with Crippen molar-refractivity contribution < 1.29 is 0 Å². The Kier molecular flexibility index (Phi) is 1.90. The third-order valence-corrected chi connectivity index (χ3v) is 3.62. The fraction of sp³-hybridized carbons (Fsp3) is 0.818. The van der Waals surface area contributed by atoms with Crippen LogP contribution in [0.25, 0.3) is 0 Å². The lowest BCUT2D eigenvalue weighted by Gasteiger charge is -2.21. The lowest BCUT2D eigenvalue weighted by molar-refractivity contribution is 0.358. The number of nitrogens with zero attached hydrogens (tertiary/aromatic N) is 1. The Morgan fingerprint density at radius 1 is 1.42 bits per heavy atom. The number of likely N-dealkylation sites (tertiary alicyclic amines) is 1. The summed E-state index contributed by atoms with van der Waals surface area (Å²) in [7, 11) is 0. The van der Waals surface area contributed by atoms with Crippen molar-refractivity contribution in [2.24, 2.45) is 17.8 Å². The Hall–Kier alpha value is -0.460. The summed E-state index contributed by atoms with van der Waals surface area (Å²) in [6.45, 7) is 9.51. The van der Waals surface area contributed by atoms with Gasteiger partial charge >= 0.3 is 0 Å². The minimum absolute atomic E-state index is 1.02. The standard InChI is InChI=1S/C11H19N/c1-4-5-8(2)12-6-10-9(3)11(10)7-12/h5,9-11H,4,6-7H2,1-3H3/b8-5+. The molecule has 1 aliphatic carbocycles. The van der Waals surface area contributed by atoms with Crippen molar-refractivity contribution in [3.8, 4) is 0 Å². The number of allylic oxidation sites excluding steroid dienone is 2. The summed E-state index contributed by atoms with van der Waals surface area (Å²) in [6.07, 6.45) is 3.52. The van der Waals surface area contributed by atoms with Gasteiger partial charge in [-0.2, -0.15) is 0 Å². The molecule has 2 atom stereocenters. The Morgan fingerprint density at radius 3 is 2.50 bits per heavy atom. The highest BCUT2D eigenvalue weighted by molar-refractivity contribution is 5.10. The molecule has 0 spiro atoms. The minimum atomic E-state index is 1.02. The lowest BCUT2D eigenvalue weighted by atomic mass is 10.2. The molecule has 0 aromatic carbocycles. The van der Waals surface area contributed by atoms with Crippen LogP contribution in [0, 0.1) is 17.8 Å². The Balaban J connectivity index is 1.90. The maximum atomic E-state index is 2.55. The van der Waals surface area contributed by atoms with Crippen molar-refractivity contribution in [3.05, 3.63) is 11.8 Å². The summed E-state index contributed by atoms with van der Waals surface area (Å²) in [5.41, 5.74) is 1.50. The van der Waals surface area contributed by atoms with Crippen molar-refractivity contribution in [1.29, 1.82) is 0 Å². The van der Waals surface area contributed by atoms with Gasteiger partial charge in [-0.1, -0.05) is 19.9 Å². The van der Waals surface area contributed by atoms with Crippen molar-refractivity contribution >= 4 is 0 Å². The number of piperidine rings is 1. The summed E-state index contributed by atoms with van der Waals surface area (Å²) in [5.74, 6) is 3.09. The van der Waals surface area contributed by atoms with Crippen LogP contribution >= 0.6 is 0 Å². The van der Waals surface area contributed by atoms with E-state index in [9.17, 15) is 0 Å². The highest BCUT2D eigenvalue weighted by Crippen LogP contribution is 2.51. The van der Waals surface area contributed by atoms with Crippen molar-refractivity contribution in [2.45, 2.75) is 27.2 Å². The molecule has 2 aliphatic rings. The molecular formula is C11H19N.